The molecule has 2 N–H and O–H groups in total. The summed E-state index contributed by atoms with van der Waals surface area (Å²) < 4.78 is 0. The summed E-state index contributed by atoms with van der Waals surface area (Å²) in [5.74, 6) is -3.23. The highest BCUT2D eigenvalue weighted by Gasteiger charge is 2.41. The second-order valence-electron chi connectivity index (χ2n) is 3.76. The number of benzene rings is 1. The van der Waals surface area contributed by atoms with E-state index in [1.165, 1.54) is 13.0 Å². The van der Waals surface area contributed by atoms with Crippen molar-refractivity contribution < 1.29 is 15.0 Å². The van der Waals surface area contributed by atoms with E-state index in [2.05, 4.69) is 0 Å². The summed E-state index contributed by atoms with van der Waals surface area (Å²) in [6.07, 6.45) is 3.27. The molecule has 0 aromatic heterocycles. The summed E-state index contributed by atoms with van der Waals surface area (Å²) >= 11 is 0. The van der Waals surface area contributed by atoms with Crippen LogP contribution < -0.4 is 0 Å². The Morgan fingerprint density at radius 2 is 2.00 bits per heavy atom. The lowest BCUT2D eigenvalue weighted by molar-refractivity contribution is -0.199. The van der Waals surface area contributed by atoms with E-state index in [1.807, 2.05) is 6.07 Å². The van der Waals surface area contributed by atoms with Crippen LogP contribution >= 0.6 is 0 Å². The highest BCUT2D eigenvalue weighted by Crippen LogP contribution is 2.35. The van der Waals surface area contributed by atoms with E-state index in [-0.39, 0.29) is 5.78 Å². The lowest BCUT2D eigenvalue weighted by Crippen LogP contribution is -2.39. The molecule has 15 heavy (non-hydrogen) atoms. The smallest absolute Gasteiger partial charge is 0.204 e. The molecule has 0 unspecified atom stereocenters. The Morgan fingerprint density at radius 1 is 1.33 bits per heavy atom. The van der Waals surface area contributed by atoms with Crippen molar-refractivity contribution in [2.75, 3.05) is 0 Å². The summed E-state index contributed by atoms with van der Waals surface area (Å²) in [5, 5.41) is 19.9. The van der Waals surface area contributed by atoms with Crippen molar-refractivity contribution in [1.82, 2.24) is 0 Å². The maximum atomic E-state index is 11.3. The van der Waals surface area contributed by atoms with Gasteiger partial charge in [-0.3, -0.25) is 4.79 Å². The zero-order valence-electron chi connectivity index (χ0n) is 8.34. The van der Waals surface area contributed by atoms with Crippen LogP contribution in [0.5, 0.6) is 0 Å². The van der Waals surface area contributed by atoms with Gasteiger partial charge in [-0.25, -0.2) is 0 Å². The number of Topliss-reactive ketones (excluding diaryl/α,β-unsaturated/α-hetero) is 1. The van der Waals surface area contributed by atoms with Crippen LogP contribution in [-0.2, 0) is 10.6 Å². The number of fused-ring (bicyclic) bond motifs is 1. The first-order chi connectivity index (χ1) is 7.03. The fourth-order valence-corrected chi connectivity index (χ4v) is 1.90. The molecule has 1 aliphatic carbocycles. The Bertz CT molecular complexity index is 432. The van der Waals surface area contributed by atoms with Crippen LogP contribution in [-0.4, -0.2) is 16.0 Å². The normalized spacial score (nSPS) is 22.2. The van der Waals surface area contributed by atoms with Gasteiger partial charge in [0, 0.05) is 5.56 Å². The van der Waals surface area contributed by atoms with Gasteiger partial charge in [-0.1, -0.05) is 36.4 Å². The van der Waals surface area contributed by atoms with Crippen LogP contribution in [0.3, 0.4) is 0 Å². The first-order valence-electron chi connectivity index (χ1n) is 4.76. The van der Waals surface area contributed by atoms with E-state index >= 15 is 0 Å². The van der Waals surface area contributed by atoms with Gasteiger partial charge < -0.3 is 10.2 Å². The Balaban J connectivity index is 2.57. The number of carbonyl (C=O) groups is 1. The van der Waals surface area contributed by atoms with Gasteiger partial charge in [0.2, 0.25) is 5.79 Å². The van der Waals surface area contributed by atoms with Crippen LogP contribution in [0.2, 0.25) is 0 Å². The molecule has 0 spiro atoms. The van der Waals surface area contributed by atoms with Gasteiger partial charge in [0.15, 0.2) is 0 Å². The molecule has 0 heterocycles. The third-order valence-corrected chi connectivity index (χ3v) is 2.70. The molecular formula is C12H12O3. The summed E-state index contributed by atoms with van der Waals surface area (Å²) in [7, 11) is 0. The van der Waals surface area contributed by atoms with E-state index < -0.39 is 11.7 Å². The third-order valence-electron chi connectivity index (χ3n) is 2.70. The molecule has 3 nitrogen and oxygen atoms in total. The van der Waals surface area contributed by atoms with Crippen molar-refractivity contribution in [2.45, 2.75) is 12.7 Å². The van der Waals surface area contributed by atoms with Gasteiger partial charge in [0.05, 0.1) is 5.92 Å². The second kappa shape index (κ2) is 3.29. The molecule has 0 aliphatic heterocycles. The monoisotopic (exact) mass is 204 g/mol. The molecule has 0 fully saturated rings. The van der Waals surface area contributed by atoms with Crippen molar-refractivity contribution in [3.05, 3.63) is 41.5 Å². The number of aliphatic hydroxyl groups is 2. The lowest BCUT2D eigenvalue weighted by Gasteiger charge is -2.32. The Kier molecular flexibility index (Phi) is 2.21. The molecule has 0 amide bonds. The fraction of sp³-hybridized carbons (Fsp3) is 0.250. The van der Waals surface area contributed by atoms with Crippen LogP contribution in [0.25, 0.3) is 6.08 Å². The number of rotatable bonds is 1. The average molecular weight is 204 g/mol. The molecule has 0 radical (unpaired) electrons. The molecule has 0 saturated heterocycles. The molecule has 0 saturated carbocycles. The molecule has 3 heteroatoms. The van der Waals surface area contributed by atoms with Gasteiger partial charge in [-0.15, -0.1) is 0 Å². The van der Waals surface area contributed by atoms with Gasteiger partial charge >= 0.3 is 0 Å². The highest BCUT2D eigenvalue weighted by atomic mass is 16.5. The van der Waals surface area contributed by atoms with Crippen molar-refractivity contribution >= 4 is 11.9 Å². The maximum absolute atomic E-state index is 11.3. The van der Waals surface area contributed by atoms with E-state index in [9.17, 15) is 15.0 Å². The highest BCUT2D eigenvalue weighted by molar-refractivity contribution is 5.84. The summed E-state index contributed by atoms with van der Waals surface area (Å²) in [6, 6.07) is 6.93. The largest absolute Gasteiger partial charge is 0.361 e. The first kappa shape index (κ1) is 10.1. The third kappa shape index (κ3) is 1.50. The summed E-state index contributed by atoms with van der Waals surface area (Å²) in [6.45, 7) is 1.35. The lowest BCUT2D eigenvalue weighted by atomic mass is 9.82. The number of ketones is 1. The zero-order valence-corrected chi connectivity index (χ0v) is 8.34. The minimum absolute atomic E-state index is 0.259. The fourth-order valence-electron chi connectivity index (χ4n) is 1.90. The molecular weight excluding hydrogens is 192 g/mol. The van der Waals surface area contributed by atoms with Crippen LogP contribution in [0.4, 0.5) is 0 Å². The van der Waals surface area contributed by atoms with Gasteiger partial charge in [-0.2, -0.15) is 0 Å². The number of hydrogen-bond donors (Lipinski definition) is 2. The van der Waals surface area contributed by atoms with Gasteiger partial charge in [-0.05, 0) is 12.5 Å². The molecule has 2 rings (SSSR count). The van der Waals surface area contributed by atoms with Crippen molar-refractivity contribution in [3.8, 4) is 0 Å². The Hall–Kier alpha value is -1.45. The van der Waals surface area contributed by atoms with Gasteiger partial charge in [0.25, 0.3) is 0 Å². The van der Waals surface area contributed by atoms with E-state index in [0.717, 1.165) is 5.56 Å². The first-order valence-corrected chi connectivity index (χ1v) is 4.76. The van der Waals surface area contributed by atoms with E-state index in [4.69, 9.17) is 0 Å². The SMILES string of the molecule is CC(=O)[C@@H]1C=Cc2ccccc2C1(O)O. The van der Waals surface area contributed by atoms with Crippen LogP contribution in [0.1, 0.15) is 18.1 Å². The van der Waals surface area contributed by atoms with Crippen molar-refractivity contribution in [1.29, 1.82) is 0 Å². The number of carbonyl (C=O) groups excluding carboxylic acids is 1. The number of hydrogen-bond acceptors (Lipinski definition) is 3. The summed E-state index contributed by atoms with van der Waals surface area (Å²) in [5.41, 5.74) is 1.12. The average Bonchev–Trinajstić information content (AvgIpc) is 2.17. The molecule has 1 atom stereocenters. The van der Waals surface area contributed by atoms with E-state index in [0.29, 0.717) is 5.56 Å². The van der Waals surface area contributed by atoms with Gasteiger partial charge in [0.1, 0.15) is 5.78 Å². The minimum Gasteiger partial charge on any atom is -0.361 e. The molecule has 1 aromatic carbocycles. The Morgan fingerprint density at radius 3 is 2.67 bits per heavy atom. The maximum Gasteiger partial charge on any atom is 0.204 e. The molecule has 1 aliphatic rings. The molecule has 0 bridgehead atoms. The summed E-state index contributed by atoms with van der Waals surface area (Å²) in [4.78, 5) is 11.3. The molecule has 1 aromatic rings. The van der Waals surface area contributed by atoms with Crippen molar-refractivity contribution in [2.24, 2.45) is 5.92 Å². The Labute approximate surface area is 87.7 Å². The predicted molar refractivity (Wildman–Crippen MR) is 55.8 cm³/mol. The van der Waals surface area contributed by atoms with Crippen LogP contribution in [0.15, 0.2) is 30.3 Å². The standard InChI is InChI=1S/C12H12O3/c1-8(13)10-7-6-9-4-2-3-5-11(9)12(10,14)15/h2-7,10,14-15H,1H3/t10-/m0/s1. The van der Waals surface area contributed by atoms with Crippen molar-refractivity contribution in [3.63, 3.8) is 0 Å². The quantitative estimate of drug-likeness (QED) is 0.672. The zero-order chi connectivity index (χ0) is 11.1. The van der Waals surface area contributed by atoms with E-state index in [1.54, 1.807) is 24.3 Å². The minimum atomic E-state index is -2.09. The second-order valence-corrected chi connectivity index (χ2v) is 3.76. The predicted octanol–water partition coefficient (Wildman–Crippen LogP) is 1.06. The molecule has 78 valence electrons. The topological polar surface area (TPSA) is 57.5 Å². The van der Waals surface area contributed by atoms with Crippen LogP contribution in [0, 0.1) is 5.92 Å².